The minimum Gasteiger partial charge on any atom is -0.480 e. The number of aliphatic carboxylic acids is 1. The second-order valence-electron chi connectivity index (χ2n) is 11.6. The zero-order valence-corrected chi connectivity index (χ0v) is 25.4. The molecule has 1 aliphatic heterocycles. The Morgan fingerprint density at radius 3 is 2.37 bits per heavy atom. The molecule has 0 bridgehead atoms. The van der Waals surface area contributed by atoms with E-state index in [1.165, 1.54) is 11.3 Å². The Bertz CT molecular complexity index is 1040. The molecule has 3 rings (SSSR count). The number of ether oxygens (including phenoxy) is 2. The molecule has 2 fully saturated rings. The fourth-order valence-electron chi connectivity index (χ4n) is 5.75. The molecule has 1 amide bonds. The SMILES string of the molecule is CCC(=O)OC(OC(CCCc1ccccc1)OP(=O)(O)CC(=O)N1C[C@H](C2CCCCC2)C[C@H]1C(=O)O)C(C)C. The van der Waals surface area contributed by atoms with Crippen LogP contribution in [0.2, 0.25) is 0 Å². The Balaban J connectivity index is 1.68. The molecule has 11 heteroatoms. The molecule has 1 saturated heterocycles. The van der Waals surface area contributed by atoms with Crippen LogP contribution in [0.5, 0.6) is 0 Å². The van der Waals surface area contributed by atoms with Crippen molar-refractivity contribution >= 4 is 25.4 Å². The summed E-state index contributed by atoms with van der Waals surface area (Å²) in [6, 6.07) is 8.69. The number of likely N-dealkylation sites (tertiary alicyclic amines) is 1. The Morgan fingerprint density at radius 1 is 1.07 bits per heavy atom. The van der Waals surface area contributed by atoms with Crippen LogP contribution in [-0.4, -0.2) is 64.1 Å². The fourth-order valence-corrected chi connectivity index (χ4v) is 6.88. The maximum Gasteiger partial charge on any atom is 0.339 e. The summed E-state index contributed by atoms with van der Waals surface area (Å²) >= 11 is 0. The molecule has 1 aromatic carbocycles. The molecule has 1 aliphatic carbocycles. The van der Waals surface area contributed by atoms with Gasteiger partial charge in [-0.2, -0.15) is 0 Å². The summed E-state index contributed by atoms with van der Waals surface area (Å²) in [6.45, 7) is 5.50. The number of nitrogens with zero attached hydrogens (tertiary/aromatic N) is 1. The minimum absolute atomic E-state index is 0.0634. The van der Waals surface area contributed by atoms with Gasteiger partial charge in [0.1, 0.15) is 12.2 Å². The number of carbonyl (C=O) groups is 3. The van der Waals surface area contributed by atoms with Crippen LogP contribution in [0, 0.1) is 17.8 Å². The number of esters is 1. The summed E-state index contributed by atoms with van der Waals surface area (Å²) in [7, 11) is -4.56. The van der Waals surface area contributed by atoms with Crippen LogP contribution >= 0.6 is 7.60 Å². The molecule has 41 heavy (non-hydrogen) atoms. The Hall–Kier alpha value is -2.26. The third kappa shape index (κ3) is 10.5. The summed E-state index contributed by atoms with van der Waals surface area (Å²) in [5, 5.41) is 9.81. The van der Waals surface area contributed by atoms with Gasteiger partial charge in [0.25, 0.3) is 0 Å². The van der Waals surface area contributed by atoms with E-state index in [9.17, 15) is 28.9 Å². The van der Waals surface area contributed by atoms with Gasteiger partial charge in [-0.25, -0.2) is 4.79 Å². The van der Waals surface area contributed by atoms with Gasteiger partial charge in [-0.1, -0.05) is 83.2 Å². The lowest BCUT2D eigenvalue weighted by Crippen LogP contribution is -2.42. The number of carboxylic acid groups (broad SMARTS) is 1. The van der Waals surface area contributed by atoms with E-state index in [1.807, 2.05) is 30.3 Å². The first kappa shape index (κ1) is 33.2. The Kier molecular flexibility index (Phi) is 12.8. The van der Waals surface area contributed by atoms with E-state index in [0.717, 1.165) is 31.2 Å². The molecule has 3 unspecified atom stereocenters. The van der Waals surface area contributed by atoms with Crippen LogP contribution in [0.15, 0.2) is 30.3 Å². The van der Waals surface area contributed by atoms with E-state index in [1.54, 1.807) is 20.8 Å². The molecular weight excluding hydrogens is 549 g/mol. The van der Waals surface area contributed by atoms with E-state index in [2.05, 4.69) is 0 Å². The average molecular weight is 596 g/mol. The highest BCUT2D eigenvalue weighted by atomic mass is 31.2. The molecule has 230 valence electrons. The highest BCUT2D eigenvalue weighted by Gasteiger charge is 2.44. The molecule has 0 aromatic heterocycles. The zero-order chi connectivity index (χ0) is 30.0. The summed E-state index contributed by atoms with van der Waals surface area (Å²) in [4.78, 5) is 49.2. The zero-order valence-electron chi connectivity index (χ0n) is 24.5. The van der Waals surface area contributed by atoms with Crippen LogP contribution in [0.3, 0.4) is 0 Å². The molecule has 1 heterocycles. The van der Waals surface area contributed by atoms with Gasteiger partial charge < -0.3 is 24.4 Å². The first-order chi connectivity index (χ1) is 19.5. The molecule has 1 aromatic rings. The van der Waals surface area contributed by atoms with Gasteiger partial charge in [0.2, 0.25) is 12.2 Å². The van der Waals surface area contributed by atoms with Crippen molar-refractivity contribution in [2.24, 2.45) is 17.8 Å². The molecule has 1 saturated carbocycles. The van der Waals surface area contributed by atoms with Gasteiger partial charge >= 0.3 is 19.5 Å². The van der Waals surface area contributed by atoms with Crippen molar-refractivity contribution in [3.63, 3.8) is 0 Å². The lowest BCUT2D eigenvalue weighted by molar-refractivity contribution is -0.234. The number of aryl methyl sites for hydroxylation is 1. The first-order valence-electron chi connectivity index (χ1n) is 14.9. The number of hydrogen-bond donors (Lipinski definition) is 2. The van der Waals surface area contributed by atoms with Crippen LogP contribution < -0.4 is 0 Å². The van der Waals surface area contributed by atoms with Crippen LogP contribution in [0.25, 0.3) is 0 Å². The molecule has 10 nitrogen and oxygen atoms in total. The van der Waals surface area contributed by atoms with E-state index in [4.69, 9.17) is 14.0 Å². The average Bonchev–Trinajstić information content (AvgIpc) is 3.39. The van der Waals surface area contributed by atoms with Crippen LogP contribution in [0.1, 0.15) is 84.1 Å². The number of benzene rings is 1. The van der Waals surface area contributed by atoms with Crippen molar-refractivity contribution in [2.75, 3.05) is 12.7 Å². The third-order valence-electron chi connectivity index (χ3n) is 7.99. The van der Waals surface area contributed by atoms with E-state index in [-0.39, 0.29) is 31.2 Å². The van der Waals surface area contributed by atoms with E-state index < -0.39 is 50.2 Å². The lowest BCUT2D eigenvalue weighted by Gasteiger charge is -2.29. The van der Waals surface area contributed by atoms with Crippen molar-refractivity contribution in [1.82, 2.24) is 4.90 Å². The quantitative estimate of drug-likeness (QED) is 0.156. The molecule has 0 spiro atoms. The predicted octanol–water partition coefficient (Wildman–Crippen LogP) is 5.37. The standard InChI is InChI=1S/C30H46NO9P/c1-4-27(33)38-30(21(2)3)39-28(17-11-14-22-12-7-5-8-13-22)40-41(36,37)20-26(32)31-19-24(18-25(31)29(34)35)23-15-9-6-10-16-23/h5,7-8,12-13,21,23-25,28,30H,4,6,9-11,14-20H2,1-3H3,(H,34,35)(H,36,37)/t24-,25+,28?,30?/m1/s1. The molecule has 0 radical (unpaired) electrons. The maximum absolute atomic E-state index is 13.3. The molecule has 2 aliphatic rings. The van der Waals surface area contributed by atoms with Gasteiger partial charge in [0.15, 0.2) is 6.29 Å². The number of carboxylic acids is 1. The second kappa shape index (κ2) is 15.8. The van der Waals surface area contributed by atoms with Crippen LogP contribution in [0.4, 0.5) is 0 Å². The maximum atomic E-state index is 13.3. The van der Waals surface area contributed by atoms with Gasteiger partial charge in [-0.3, -0.25) is 18.7 Å². The number of hydrogen-bond acceptors (Lipinski definition) is 7. The van der Waals surface area contributed by atoms with Crippen molar-refractivity contribution in [3.05, 3.63) is 35.9 Å². The predicted molar refractivity (Wildman–Crippen MR) is 153 cm³/mol. The number of amides is 1. The second-order valence-corrected chi connectivity index (χ2v) is 13.4. The smallest absolute Gasteiger partial charge is 0.339 e. The van der Waals surface area contributed by atoms with E-state index in [0.29, 0.717) is 25.2 Å². The third-order valence-corrected chi connectivity index (χ3v) is 9.22. The summed E-state index contributed by atoms with van der Waals surface area (Å²) in [6.07, 6.45) is 4.24. The summed E-state index contributed by atoms with van der Waals surface area (Å²) in [5.74, 6) is -2.14. The van der Waals surface area contributed by atoms with Gasteiger partial charge in [-0.05, 0) is 43.1 Å². The lowest BCUT2D eigenvalue weighted by atomic mass is 9.79. The van der Waals surface area contributed by atoms with Crippen LogP contribution in [-0.2, 0) is 39.4 Å². The Morgan fingerprint density at radius 2 is 1.76 bits per heavy atom. The van der Waals surface area contributed by atoms with Gasteiger partial charge in [0.05, 0.1) is 0 Å². The fraction of sp³-hybridized carbons (Fsp3) is 0.700. The van der Waals surface area contributed by atoms with Gasteiger partial charge in [-0.15, -0.1) is 0 Å². The number of carbonyl (C=O) groups excluding carboxylic acids is 2. The summed E-state index contributed by atoms with van der Waals surface area (Å²) in [5.41, 5.74) is 1.08. The normalized spacial score (nSPS) is 22.7. The van der Waals surface area contributed by atoms with Crippen molar-refractivity contribution in [3.8, 4) is 0 Å². The largest absolute Gasteiger partial charge is 0.480 e. The molecule has 5 atom stereocenters. The minimum atomic E-state index is -4.56. The monoisotopic (exact) mass is 595 g/mol. The number of rotatable bonds is 15. The van der Waals surface area contributed by atoms with Crippen molar-refractivity contribution in [2.45, 2.75) is 104 Å². The highest BCUT2D eigenvalue weighted by molar-refractivity contribution is 7.53. The van der Waals surface area contributed by atoms with Gasteiger partial charge in [0, 0.05) is 18.9 Å². The van der Waals surface area contributed by atoms with Crippen molar-refractivity contribution in [1.29, 1.82) is 0 Å². The first-order valence-corrected chi connectivity index (χ1v) is 16.7. The highest BCUT2D eigenvalue weighted by Crippen LogP contribution is 2.46. The topological polar surface area (TPSA) is 140 Å². The Labute approximate surface area is 243 Å². The molecule has 2 N–H and O–H groups in total. The summed E-state index contributed by atoms with van der Waals surface area (Å²) < 4.78 is 30.1. The van der Waals surface area contributed by atoms with Crippen molar-refractivity contribution < 1.29 is 42.9 Å². The molecular formula is C30H46NO9P. The van der Waals surface area contributed by atoms with E-state index >= 15 is 0 Å².